The van der Waals surface area contributed by atoms with Crippen molar-refractivity contribution in [2.24, 2.45) is 0 Å². The molecule has 4 rings (SSSR count). The first-order valence-electron chi connectivity index (χ1n) is 9.55. The van der Waals surface area contributed by atoms with Crippen LogP contribution >= 0.6 is 0 Å². The van der Waals surface area contributed by atoms with E-state index in [0.29, 0.717) is 11.6 Å². The van der Waals surface area contributed by atoms with E-state index < -0.39 is 0 Å². The van der Waals surface area contributed by atoms with E-state index in [2.05, 4.69) is 25.1 Å². The minimum absolute atomic E-state index is 0.235. The number of carbonyl (C=O) groups is 1. The Morgan fingerprint density at radius 3 is 2.38 bits per heavy atom. The molecule has 1 amide bonds. The smallest absolute Gasteiger partial charge is 0.274 e. The predicted octanol–water partition coefficient (Wildman–Crippen LogP) is 3.50. The van der Waals surface area contributed by atoms with Crippen molar-refractivity contribution in [3.8, 4) is 0 Å². The first kappa shape index (κ1) is 18.9. The molecule has 1 aliphatic rings. The zero-order valence-electron chi connectivity index (χ0n) is 16.2. The molecule has 0 saturated carbocycles. The summed E-state index contributed by atoms with van der Waals surface area (Å²) in [4.78, 5) is 25.7. The van der Waals surface area contributed by atoms with E-state index in [0.717, 1.165) is 43.1 Å². The zero-order valence-corrected chi connectivity index (χ0v) is 16.2. The molecule has 3 aromatic rings. The number of benzene rings is 2. The van der Waals surface area contributed by atoms with Gasteiger partial charge in [0.2, 0.25) is 5.95 Å². The minimum atomic E-state index is -0.257. The number of rotatable bonds is 4. The molecule has 0 spiro atoms. The fraction of sp³-hybridized carbons (Fsp3) is 0.227. The van der Waals surface area contributed by atoms with Crippen LogP contribution in [0.5, 0.6) is 0 Å². The third-order valence-electron chi connectivity index (χ3n) is 5.02. The highest BCUT2D eigenvalue weighted by molar-refractivity contribution is 6.03. The van der Waals surface area contributed by atoms with E-state index in [1.807, 2.05) is 31.2 Å². The third-order valence-corrected chi connectivity index (χ3v) is 5.02. The highest BCUT2D eigenvalue weighted by Gasteiger charge is 2.20. The van der Waals surface area contributed by atoms with Gasteiger partial charge >= 0.3 is 0 Å². The SMILES string of the molecule is Cc1ccccc1NC(=O)c1ccnc(N2CCN(c3ccc(F)cc3)CC2)n1. The van der Waals surface area contributed by atoms with Crippen LogP contribution in [-0.4, -0.2) is 42.1 Å². The number of nitrogens with one attached hydrogen (secondary N) is 1. The molecule has 0 radical (unpaired) electrons. The summed E-state index contributed by atoms with van der Waals surface area (Å²) in [6.45, 7) is 4.94. The van der Waals surface area contributed by atoms with Crippen LogP contribution in [0.1, 0.15) is 16.1 Å². The van der Waals surface area contributed by atoms with Crippen LogP contribution in [-0.2, 0) is 0 Å². The second kappa shape index (κ2) is 8.26. The van der Waals surface area contributed by atoms with E-state index in [4.69, 9.17) is 0 Å². The van der Waals surface area contributed by atoms with Crippen LogP contribution in [0.25, 0.3) is 0 Å². The van der Waals surface area contributed by atoms with Gasteiger partial charge in [-0.3, -0.25) is 4.79 Å². The Bertz CT molecular complexity index is 1000. The molecular weight excluding hydrogens is 369 g/mol. The van der Waals surface area contributed by atoms with E-state index in [9.17, 15) is 9.18 Å². The number of piperazine rings is 1. The number of anilines is 3. The van der Waals surface area contributed by atoms with Crippen molar-refractivity contribution in [1.82, 2.24) is 9.97 Å². The van der Waals surface area contributed by atoms with Crippen molar-refractivity contribution in [3.05, 3.63) is 77.9 Å². The summed E-state index contributed by atoms with van der Waals surface area (Å²) < 4.78 is 13.1. The monoisotopic (exact) mass is 391 g/mol. The van der Waals surface area contributed by atoms with Gasteiger partial charge in [0.05, 0.1) is 0 Å². The highest BCUT2D eigenvalue weighted by atomic mass is 19.1. The van der Waals surface area contributed by atoms with Crippen molar-refractivity contribution < 1.29 is 9.18 Å². The third kappa shape index (κ3) is 4.34. The number of carbonyl (C=O) groups excluding carboxylic acids is 1. The van der Waals surface area contributed by atoms with Crippen LogP contribution in [0.3, 0.4) is 0 Å². The number of aromatic nitrogens is 2. The maximum atomic E-state index is 13.1. The summed E-state index contributed by atoms with van der Waals surface area (Å²) in [6, 6.07) is 15.8. The van der Waals surface area contributed by atoms with Gasteiger partial charge in [-0.2, -0.15) is 0 Å². The summed E-state index contributed by atoms with van der Waals surface area (Å²) in [5.74, 6) is 0.0515. The van der Waals surface area contributed by atoms with Crippen molar-refractivity contribution in [2.45, 2.75) is 6.92 Å². The number of aryl methyl sites for hydroxylation is 1. The van der Waals surface area contributed by atoms with Crippen molar-refractivity contribution in [1.29, 1.82) is 0 Å². The second-order valence-corrected chi connectivity index (χ2v) is 6.96. The number of hydrogen-bond acceptors (Lipinski definition) is 5. The number of halogens is 1. The topological polar surface area (TPSA) is 61.4 Å². The van der Waals surface area contributed by atoms with Gasteiger partial charge in [-0.15, -0.1) is 0 Å². The van der Waals surface area contributed by atoms with Gasteiger partial charge in [0.1, 0.15) is 11.5 Å². The lowest BCUT2D eigenvalue weighted by Crippen LogP contribution is -2.47. The molecule has 148 valence electrons. The Morgan fingerprint density at radius 2 is 1.66 bits per heavy atom. The molecule has 1 fully saturated rings. The summed E-state index contributed by atoms with van der Waals surface area (Å²) in [7, 11) is 0. The number of amides is 1. The highest BCUT2D eigenvalue weighted by Crippen LogP contribution is 2.19. The lowest BCUT2D eigenvalue weighted by atomic mass is 10.2. The largest absolute Gasteiger partial charge is 0.368 e. The maximum absolute atomic E-state index is 13.1. The van der Waals surface area contributed by atoms with Crippen molar-refractivity contribution in [3.63, 3.8) is 0 Å². The van der Waals surface area contributed by atoms with Gasteiger partial charge in [0.15, 0.2) is 0 Å². The van der Waals surface area contributed by atoms with Crippen molar-refractivity contribution in [2.75, 3.05) is 41.3 Å². The Balaban J connectivity index is 1.42. The molecule has 1 saturated heterocycles. The Morgan fingerprint density at radius 1 is 0.966 bits per heavy atom. The predicted molar refractivity (Wildman–Crippen MR) is 112 cm³/mol. The Kier molecular flexibility index (Phi) is 5.37. The molecule has 0 unspecified atom stereocenters. The van der Waals surface area contributed by atoms with Crippen molar-refractivity contribution >= 4 is 23.2 Å². The fourth-order valence-corrected chi connectivity index (χ4v) is 3.34. The lowest BCUT2D eigenvalue weighted by molar-refractivity contribution is 0.102. The van der Waals surface area contributed by atoms with Crippen LogP contribution in [0, 0.1) is 12.7 Å². The molecular formula is C22H22FN5O. The molecule has 0 atom stereocenters. The fourth-order valence-electron chi connectivity index (χ4n) is 3.34. The minimum Gasteiger partial charge on any atom is -0.368 e. The number of para-hydroxylation sites is 1. The maximum Gasteiger partial charge on any atom is 0.274 e. The molecule has 0 aliphatic carbocycles. The van der Waals surface area contributed by atoms with Gasteiger partial charge in [0, 0.05) is 43.8 Å². The van der Waals surface area contributed by atoms with Gasteiger partial charge in [-0.05, 0) is 48.9 Å². The summed E-state index contributed by atoms with van der Waals surface area (Å²) in [5.41, 5.74) is 3.09. The van der Waals surface area contributed by atoms with E-state index in [1.54, 1.807) is 24.4 Å². The van der Waals surface area contributed by atoms with Gasteiger partial charge in [-0.1, -0.05) is 18.2 Å². The van der Waals surface area contributed by atoms with Crippen LogP contribution in [0.15, 0.2) is 60.8 Å². The molecule has 1 N–H and O–H groups in total. The van der Waals surface area contributed by atoms with Crippen LogP contribution in [0.2, 0.25) is 0 Å². The summed E-state index contributed by atoms with van der Waals surface area (Å²) in [6.07, 6.45) is 1.61. The van der Waals surface area contributed by atoms with Gasteiger partial charge < -0.3 is 15.1 Å². The Hall–Kier alpha value is -3.48. The summed E-state index contributed by atoms with van der Waals surface area (Å²) in [5, 5.41) is 2.90. The van der Waals surface area contributed by atoms with Crippen LogP contribution in [0.4, 0.5) is 21.7 Å². The lowest BCUT2D eigenvalue weighted by Gasteiger charge is -2.36. The standard InChI is InChI=1S/C22H22FN5O/c1-16-4-2-3-5-19(16)25-21(29)20-10-11-24-22(26-20)28-14-12-27(13-15-28)18-8-6-17(23)7-9-18/h2-11H,12-15H2,1H3,(H,25,29). The zero-order chi connectivity index (χ0) is 20.2. The average Bonchev–Trinajstić information content (AvgIpc) is 2.76. The quantitative estimate of drug-likeness (QED) is 0.738. The molecule has 2 aromatic carbocycles. The van der Waals surface area contributed by atoms with E-state index in [1.165, 1.54) is 12.1 Å². The van der Waals surface area contributed by atoms with E-state index in [-0.39, 0.29) is 11.7 Å². The molecule has 1 aliphatic heterocycles. The molecule has 2 heterocycles. The number of hydrogen-bond donors (Lipinski definition) is 1. The summed E-state index contributed by atoms with van der Waals surface area (Å²) >= 11 is 0. The molecule has 6 nitrogen and oxygen atoms in total. The molecule has 29 heavy (non-hydrogen) atoms. The molecule has 0 bridgehead atoms. The normalized spacial score (nSPS) is 14.0. The van der Waals surface area contributed by atoms with E-state index >= 15 is 0 Å². The molecule has 7 heteroatoms. The Labute approximate surface area is 169 Å². The molecule has 1 aromatic heterocycles. The van der Waals surface area contributed by atoms with Gasteiger partial charge in [-0.25, -0.2) is 14.4 Å². The average molecular weight is 391 g/mol. The first-order valence-corrected chi connectivity index (χ1v) is 9.55. The second-order valence-electron chi connectivity index (χ2n) is 6.96. The van der Waals surface area contributed by atoms with Gasteiger partial charge in [0.25, 0.3) is 5.91 Å². The first-order chi connectivity index (χ1) is 14.1. The van der Waals surface area contributed by atoms with Crippen LogP contribution < -0.4 is 15.1 Å². The number of nitrogens with zero attached hydrogens (tertiary/aromatic N) is 4.